The zero-order valence-electron chi connectivity index (χ0n) is 15.3. The van der Waals surface area contributed by atoms with Crippen LogP contribution in [0.25, 0.3) is 20.7 Å². The molecule has 0 aliphatic rings. The maximum Gasteiger partial charge on any atom is 0.321 e. The van der Waals surface area contributed by atoms with Crippen molar-refractivity contribution in [3.63, 3.8) is 0 Å². The average Bonchev–Trinajstić information content (AvgIpc) is 2.95. The van der Waals surface area contributed by atoms with Gasteiger partial charge in [0.05, 0.1) is 11.7 Å². The Labute approximate surface area is 160 Å². The number of nitrogens with one attached hydrogen (secondary N) is 2. The number of hydrogen-bond donors (Lipinski definition) is 2. The van der Waals surface area contributed by atoms with Crippen molar-refractivity contribution in [3.05, 3.63) is 52.6 Å². The van der Waals surface area contributed by atoms with Crippen LogP contribution in [-0.2, 0) is 11.3 Å². The summed E-state index contributed by atoms with van der Waals surface area (Å²) in [6.45, 7) is 5.18. The van der Waals surface area contributed by atoms with Gasteiger partial charge in [0.25, 0.3) is 5.56 Å². The second-order valence-electron chi connectivity index (χ2n) is 6.46. The van der Waals surface area contributed by atoms with Crippen LogP contribution in [0.1, 0.15) is 19.4 Å². The molecule has 7 nitrogen and oxygen atoms in total. The van der Waals surface area contributed by atoms with Crippen LogP contribution < -0.4 is 16.2 Å². The number of rotatable bonds is 4. The van der Waals surface area contributed by atoms with Gasteiger partial charge < -0.3 is 5.32 Å². The minimum Gasteiger partial charge on any atom is -0.336 e. The fraction of sp³-hybridized carbons (Fsp3) is 0.263. The van der Waals surface area contributed by atoms with Crippen LogP contribution in [-0.4, -0.2) is 27.5 Å². The Balaban J connectivity index is 1.89. The van der Waals surface area contributed by atoms with Gasteiger partial charge in [0.15, 0.2) is 0 Å². The van der Waals surface area contributed by atoms with Gasteiger partial charge in [0, 0.05) is 10.9 Å². The first-order valence-corrected chi connectivity index (χ1v) is 9.32. The molecule has 0 fully saturated rings. The summed E-state index contributed by atoms with van der Waals surface area (Å²) in [5, 5.41) is 5.27. The van der Waals surface area contributed by atoms with Gasteiger partial charge in [0.2, 0.25) is 5.91 Å². The van der Waals surface area contributed by atoms with Crippen LogP contribution >= 0.6 is 11.3 Å². The van der Waals surface area contributed by atoms with Crippen molar-refractivity contribution < 1.29 is 9.59 Å². The third kappa shape index (κ3) is 4.06. The molecule has 0 aliphatic heterocycles. The van der Waals surface area contributed by atoms with Crippen molar-refractivity contribution in [2.75, 3.05) is 0 Å². The minimum absolute atomic E-state index is 0.0941. The Hall–Kier alpha value is -3.00. The number of carbonyl (C=O) groups excluding carboxylic acids is 2. The third-order valence-electron chi connectivity index (χ3n) is 3.94. The van der Waals surface area contributed by atoms with E-state index >= 15 is 0 Å². The largest absolute Gasteiger partial charge is 0.336 e. The van der Waals surface area contributed by atoms with E-state index in [0.717, 1.165) is 16.0 Å². The summed E-state index contributed by atoms with van der Waals surface area (Å²) in [7, 11) is 0. The van der Waals surface area contributed by atoms with E-state index in [1.807, 2.05) is 37.3 Å². The number of carbonyl (C=O) groups is 2. The number of amides is 3. The lowest BCUT2D eigenvalue weighted by molar-refractivity contribution is -0.120. The highest BCUT2D eigenvalue weighted by atomic mass is 32.1. The number of imide groups is 1. The van der Waals surface area contributed by atoms with E-state index in [4.69, 9.17) is 0 Å². The number of nitrogens with zero attached hydrogens (tertiary/aromatic N) is 2. The van der Waals surface area contributed by atoms with E-state index in [0.29, 0.717) is 10.2 Å². The summed E-state index contributed by atoms with van der Waals surface area (Å²) < 4.78 is 1.22. The molecule has 3 amide bonds. The molecular weight excluding hydrogens is 364 g/mol. The minimum atomic E-state index is -0.588. The highest BCUT2D eigenvalue weighted by Crippen LogP contribution is 2.35. The maximum absolute atomic E-state index is 12.8. The molecule has 0 bridgehead atoms. The summed E-state index contributed by atoms with van der Waals surface area (Å²) in [5.41, 5.74) is 1.56. The molecule has 0 saturated carbocycles. The second kappa shape index (κ2) is 7.71. The topological polar surface area (TPSA) is 93.1 Å². The standard InChI is InChI=1S/C19H20N4O3S/c1-11(2)21-19(26)22-14(24)9-23-10-20-17-15(18(23)25)12(3)16(27-17)13-7-5-4-6-8-13/h4-8,10-11H,9H2,1-3H3,(H2,21,22,24,26). The summed E-state index contributed by atoms with van der Waals surface area (Å²) >= 11 is 1.45. The molecule has 0 unspecified atom stereocenters. The molecular formula is C19H20N4O3S. The van der Waals surface area contributed by atoms with E-state index < -0.39 is 11.9 Å². The van der Waals surface area contributed by atoms with Gasteiger partial charge in [-0.3, -0.25) is 19.5 Å². The van der Waals surface area contributed by atoms with Crippen LogP contribution in [0.2, 0.25) is 0 Å². The van der Waals surface area contributed by atoms with Crippen LogP contribution in [0.15, 0.2) is 41.5 Å². The van der Waals surface area contributed by atoms with Crippen molar-refractivity contribution in [2.45, 2.75) is 33.4 Å². The van der Waals surface area contributed by atoms with Crippen molar-refractivity contribution in [2.24, 2.45) is 0 Å². The van der Waals surface area contributed by atoms with Gasteiger partial charge in [-0.2, -0.15) is 0 Å². The van der Waals surface area contributed by atoms with Gasteiger partial charge in [-0.15, -0.1) is 11.3 Å². The van der Waals surface area contributed by atoms with E-state index in [2.05, 4.69) is 15.6 Å². The number of thiophene rings is 1. The molecule has 0 radical (unpaired) electrons. The summed E-state index contributed by atoms with van der Waals surface area (Å²) in [6.07, 6.45) is 1.34. The molecule has 2 aromatic heterocycles. The SMILES string of the molecule is Cc1c(-c2ccccc2)sc2ncn(CC(=O)NC(=O)NC(C)C)c(=O)c12. The molecule has 3 rings (SSSR count). The smallest absolute Gasteiger partial charge is 0.321 e. The van der Waals surface area contributed by atoms with Gasteiger partial charge in [-0.05, 0) is 31.9 Å². The van der Waals surface area contributed by atoms with Crippen molar-refractivity contribution in [1.29, 1.82) is 0 Å². The fourth-order valence-electron chi connectivity index (χ4n) is 2.76. The lowest BCUT2D eigenvalue weighted by atomic mass is 10.1. The first-order chi connectivity index (χ1) is 12.9. The molecule has 8 heteroatoms. The molecule has 3 aromatic rings. The number of urea groups is 1. The van der Waals surface area contributed by atoms with Gasteiger partial charge in [0.1, 0.15) is 11.4 Å². The first-order valence-electron chi connectivity index (χ1n) is 8.51. The van der Waals surface area contributed by atoms with E-state index in [9.17, 15) is 14.4 Å². The molecule has 0 aliphatic carbocycles. The van der Waals surface area contributed by atoms with Gasteiger partial charge in [-0.25, -0.2) is 9.78 Å². The number of benzene rings is 1. The molecule has 0 saturated heterocycles. The van der Waals surface area contributed by atoms with Gasteiger partial charge >= 0.3 is 6.03 Å². The Morgan fingerprint density at radius 3 is 2.59 bits per heavy atom. The molecule has 1 aromatic carbocycles. The zero-order valence-corrected chi connectivity index (χ0v) is 16.1. The van der Waals surface area contributed by atoms with Crippen molar-refractivity contribution >= 4 is 33.5 Å². The molecule has 140 valence electrons. The average molecular weight is 384 g/mol. The van der Waals surface area contributed by atoms with E-state index in [1.54, 1.807) is 13.8 Å². The predicted octanol–water partition coefficient (Wildman–Crippen LogP) is 2.67. The monoisotopic (exact) mass is 384 g/mol. The highest BCUT2D eigenvalue weighted by molar-refractivity contribution is 7.22. The molecule has 27 heavy (non-hydrogen) atoms. The highest BCUT2D eigenvalue weighted by Gasteiger charge is 2.17. The molecule has 0 spiro atoms. The molecule has 0 atom stereocenters. The quantitative estimate of drug-likeness (QED) is 0.723. The summed E-state index contributed by atoms with van der Waals surface area (Å²) in [6, 6.07) is 9.10. The number of aromatic nitrogens is 2. The van der Waals surface area contributed by atoms with Crippen molar-refractivity contribution in [1.82, 2.24) is 20.2 Å². The number of fused-ring (bicyclic) bond motifs is 1. The normalized spacial score (nSPS) is 11.0. The van der Waals surface area contributed by atoms with Gasteiger partial charge in [-0.1, -0.05) is 30.3 Å². The molecule has 2 N–H and O–H groups in total. The van der Waals surface area contributed by atoms with Crippen LogP contribution in [0.5, 0.6) is 0 Å². The summed E-state index contributed by atoms with van der Waals surface area (Å²) in [4.78, 5) is 42.5. The van der Waals surface area contributed by atoms with Crippen LogP contribution in [0.4, 0.5) is 4.79 Å². The fourth-order valence-corrected chi connectivity index (χ4v) is 3.90. The van der Waals surface area contributed by atoms with E-state index in [1.165, 1.54) is 22.2 Å². The van der Waals surface area contributed by atoms with Crippen LogP contribution in [0.3, 0.4) is 0 Å². The Morgan fingerprint density at radius 2 is 1.93 bits per heavy atom. The lowest BCUT2D eigenvalue weighted by Crippen LogP contribution is -2.44. The second-order valence-corrected chi connectivity index (χ2v) is 7.46. The van der Waals surface area contributed by atoms with Crippen molar-refractivity contribution in [3.8, 4) is 10.4 Å². The zero-order chi connectivity index (χ0) is 19.6. The summed E-state index contributed by atoms with van der Waals surface area (Å²) in [5.74, 6) is -0.576. The van der Waals surface area contributed by atoms with E-state index in [-0.39, 0.29) is 18.1 Å². The Kier molecular flexibility index (Phi) is 5.36. The Morgan fingerprint density at radius 1 is 1.22 bits per heavy atom. The predicted molar refractivity (Wildman–Crippen MR) is 106 cm³/mol. The maximum atomic E-state index is 12.8. The lowest BCUT2D eigenvalue weighted by Gasteiger charge is -2.10. The Bertz CT molecular complexity index is 1050. The molecule has 2 heterocycles. The first kappa shape index (κ1) is 18.8. The van der Waals surface area contributed by atoms with Crippen LogP contribution in [0, 0.1) is 6.92 Å². The third-order valence-corrected chi connectivity index (χ3v) is 5.19. The number of aryl methyl sites for hydroxylation is 1. The number of hydrogen-bond acceptors (Lipinski definition) is 5.